The highest BCUT2D eigenvalue weighted by molar-refractivity contribution is 6.15. The second-order valence-corrected chi connectivity index (χ2v) is 9.27. The first-order chi connectivity index (χ1) is 18.7. The third kappa shape index (κ3) is 4.68. The number of ether oxygens (including phenoxy) is 2. The zero-order valence-electron chi connectivity index (χ0n) is 21.6. The van der Waals surface area contributed by atoms with Gasteiger partial charge in [-0.15, -0.1) is 0 Å². The van der Waals surface area contributed by atoms with Gasteiger partial charge in [-0.2, -0.15) is 0 Å². The average Bonchev–Trinajstić information content (AvgIpc) is 2.91. The highest BCUT2D eigenvalue weighted by atomic mass is 16.5. The normalized spacial score (nSPS) is 14.7. The van der Waals surface area contributed by atoms with Crippen LogP contribution in [0.4, 0.5) is 5.69 Å². The molecule has 0 spiro atoms. The summed E-state index contributed by atoms with van der Waals surface area (Å²) in [5.41, 5.74) is 1.71. The van der Waals surface area contributed by atoms with Gasteiger partial charge < -0.3 is 24.6 Å². The van der Waals surface area contributed by atoms with E-state index in [2.05, 4.69) is 23.5 Å². The molecule has 39 heavy (non-hydrogen) atoms. The molecule has 3 aromatic rings. The van der Waals surface area contributed by atoms with E-state index in [4.69, 9.17) is 9.47 Å². The van der Waals surface area contributed by atoms with Crippen LogP contribution < -0.4 is 20.5 Å². The first-order valence-electron chi connectivity index (χ1n) is 12.3. The lowest BCUT2D eigenvalue weighted by Gasteiger charge is -2.38. The standard InChI is InChI=1S/C28H27N5O6/c1-16(27(36)31-13-20(14-31)38-4)30-26(35)17(2)33-15-29-25-21(6-5-7-22(25)28(33)37)19-8-9-23-24(12-19)39-11-10-32(23)18(3)34/h5-9,12,15,20H,1-2,10-11,13-14H2,3-4H3,(H,30,35). The van der Waals surface area contributed by atoms with Crippen LogP contribution in [0.2, 0.25) is 0 Å². The van der Waals surface area contributed by atoms with Gasteiger partial charge in [0, 0.05) is 32.7 Å². The van der Waals surface area contributed by atoms with Crippen molar-refractivity contribution in [1.82, 2.24) is 19.8 Å². The van der Waals surface area contributed by atoms with Crippen molar-refractivity contribution in [2.75, 3.05) is 38.3 Å². The summed E-state index contributed by atoms with van der Waals surface area (Å²) in [6.07, 6.45) is 1.19. The van der Waals surface area contributed by atoms with E-state index in [-0.39, 0.29) is 28.8 Å². The minimum atomic E-state index is -0.751. The van der Waals surface area contributed by atoms with Crippen molar-refractivity contribution in [3.05, 3.63) is 71.9 Å². The van der Waals surface area contributed by atoms with Crippen LogP contribution in [-0.4, -0.2) is 71.6 Å². The van der Waals surface area contributed by atoms with E-state index < -0.39 is 17.4 Å². The number of nitrogens with zero attached hydrogens (tertiary/aromatic N) is 4. The van der Waals surface area contributed by atoms with Crippen molar-refractivity contribution in [3.8, 4) is 16.9 Å². The summed E-state index contributed by atoms with van der Waals surface area (Å²) in [7, 11) is 1.57. The molecule has 3 heterocycles. The van der Waals surface area contributed by atoms with Gasteiger partial charge in [-0.25, -0.2) is 4.98 Å². The van der Waals surface area contributed by atoms with Gasteiger partial charge in [-0.05, 0) is 23.8 Å². The van der Waals surface area contributed by atoms with E-state index in [9.17, 15) is 19.2 Å². The van der Waals surface area contributed by atoms with Crippen LogP contribution in [0, 0.1) is 0 Å². The highest BCUT2D eigenvalue weighted by Gasteiger charge is 2.32. The molecule has 0 aliphatic carbocycles. The number of anilines is 1. The van der Waals surface area contributed by atoms with E-state index in [0.29, 0.717) is 48.8 Å². The summed E-state index contributed by atoms with van der Waals surface area (Å²) in [6, 6.07) is 10.6. The number of rotatable bonds is 6. The number of amides is 3. The quantitative estimate of drug-likeness (QED) is 0.483. The minimum absolute atomic E-state index is 0.0383. The van der Waals surface area contributed by atoms with E-state index in [1.165, 1.54) is 18.2 Å². The maximum Gasteiger partial charge on any atom is 0.272 e. The number of nitrogens with one attached hydrogen (secondary N) is 1. The molecule has 5 rings (SSSR count). The van der Waals surface area contributed by atoms with Crippen LogP contribution in [0.1, 0.15) is 6.92 Å². The van der Waals surface area contributed by atoms with Crippen molar-refractivity contribution >= 4 is 40.0 Å². The molecule has 200 valence electrons. The molecule has 0 atom stereocenters. The molecule has 2 aliphatic heterocycles. The molecule has 2 aliphatic rings. The molecule has 11 heteroatoms. The monoisotopic (exact) mass is 529 g/mol. The Morgan fingerprint density at radius 1 is 1.15 bits per heavy atom. The van der Waals surface area contributed by atoms with Crippen molar-refractivity contribution in [1.29, 1.82) is 0 Å². The van der Waals surface area contributed by atoms with Gasteiger partial charge in [0.1, 0.15) is 24.4 Å². The Kier molecular flexibility index (Phi) is 6.75. The van der Waals surface area contributed by atoms with E-state index >= 15 is 0 Å². The minimum Gasteiger partial charge on any atom is -0.490 e. The molecule has 1 saturated heterocycles. The molecule has 0 bridgehead atoms. The largest absolute Gasteiger partial charge is 0.490 e. The number of methoxy groups -OCH3 is 1. The van der Waals surface area contributed by atoms with Gasteiger partial charge >= 0.3 is 0 Å². The van der Waals surface area contributed by atoms with Gasteiger partial charge in [0.2, 0.25) is 5.91 Å². The summed E-state index contributed by atoms with van der Waals surface area (Å²) in [5.74, 6) is -0.691. The summed E-state index contributed by atoms with van der Waals surface area (Å²) < 4.78 is 12.0. The molecule has 1 fully saturated rings. The van der Waals surface area contributed by atoms with Crippen molar-refractivity contribution < 1.29 is 23.9 Å². The maximum atomic E-state index is 13.4. The number of fused-ring (bicyclic) bond motifs is 2. The van der Waals surface area contributed by atoms with Gasteiger partial charge in [0.25, 0.3) is 17.4 Å². The molecule has 11 nitrogen and oxygen atoms in total. The Bertz CT molecular complexity index is 1600. The lowest BCUT2D eigenvalue weighted by molar-refractivity contribution is -0.139. The van der Waals surface area contributed by atoms with Gasteiger partial charge in [0.05, 0.1) is 34.9 Å². The zero-order valence-corrected chi connectivity index (χ0v) is 21.6. The molecule has 0 unspecified atom stereocenters. The molecular weight excluding hydrogens is 502 g/mol. The summed E-state index contributed by atoms with van der Waals surface area (Å²) >= 11 is 0. The smallest absolute Gasteiger partial charge is 0.272 e. The zero-order chi connectivity index (χ0) is 27.8. The molecule has 1 aromatic heterocycles. The average molecular weight is 530 g/mol. The molecule has 0 saturated carbocycles. The molecular formula is C28H27N5O6. The number of carbonyl (C=O) groups is 3. The molecule has 2 aromatic carbocycles. The fraction of sp³-hybridized carbons (Fsp3) is 0.250. The first-order valence-corrected chi connectivity index (χ1v) is 12.3. The summed E-state index contributed by atoms with van der Waals surface area (Å²) in [6.45, 7) is 10.6. The van der Waals surface area contributed by atoms with Crippen molar-refractivity contribution in [3.63, 3.8) is 0 Å². The highest BCUT2D eigenvalue weighted by Crippen LogP contribution is 2.37. The van der Waals surface area contributed by atoms with Crippen LogP contribution in [0.15, 0.2) is 66.4 Å². The van der Waals surface area contributed by atoms with Crippen LogP contribution >= 0.6 is 0 Å². The Hall–Kier alpha value is -4.77. The fourth-order valence-corrected chi connectivity index (χ4v) is 4.61. The number of aromatic nitrogens is 2. The summed E-state index contributed by atoms with van der Waals surface area (Å²) in [4.78, 5) is 58.2. The third-order valence-electron chi connectivity index (χ3n) is 6.85. The number of benzene rings is 2. The Balaban J connectivity index is 1.40. The number of likely N-dealkylation sites (tertiary alicyclic amines) is 1. The van der Waals surface area contributed by atoms with Crippen LogP contribution in [-0.2, 0) is 19.1 Å². The topological polar surface area (TPSA) is 123 Å². The van der Waals surface area contributed by atoms with E-state index in [1.54, 1.807) is 30.2 Å². The number of hydrogen-bond acceptors (Lipinski definition) is 7. The lowest BCUT2D eigenvalue weighted by Crippen LogP contribution is -2.55. The second-order valence-electron chi connectivity index (χ2n) is 9.27. The fourth-order valence-electron chi connectivity index (χ4n) is 4.61. The van der Waals surface area contributed by atoms with Gasteiger partial charge in [0.15, 0.2) is 0 Å². The van der Waals surface area contributed by atoms with Gasteiger partial charge in [-0.1, -0.05) is 31.4 Å². The lowest BCUT2D eigenvalue weighted by atomic mass is 10.0. The SMILES string of the molecule is C=C(NC(=O)C(=C)n1cnc2c(-c3ccc4c(c3)OCCN4C(C)=O)cccc2c1=O)C(=O)N1CC(OC)C1. The Morgan fingerprint density at radius 2 is 1.92 bits per heavy atom. The molecule has 3 amide bonds. The first kappa shape index (κ1) is 25.9. The Labute approximate surface area is 223 Å². The number of para-hydroxylation sites is 1. The van der Waals surface area contributed by atoms with E-state index in [1.807, 2.05) is 18.2 Å². The van der Waals surface area contributed by atoms with Gasteiger partial charge in [-0.3, -0.25) is 23.7 Å². The second kappa shape index (κ2) is 10.2. The van der Waals surface area contributed by atoms with E-state index in [0.717, 1.165) is 10.1 Å². The van der Waals surface area contributed by atoms with Crippen LogP contribution in [0.25, 0.3) is 27.7 Å². The van der Waals surface area contributed by atoms with Crippen molar-refractivity contribution in [2.45, 2.75) is 13.0 Å². The number of carbonyl (C=O) groups excluding carboxylic acids is 3. The maximum absolute atomic E-state index is 13.4. The van der Waals surface area contributed by atoms with Crippen LogP contribution in [0.3, 0.4) is 0 Å². The predicted molar refractivity (Wildman–Crippen MR) is 145 cm³/mol. The Morgan fingerprint density at radius 3 is 2.64 bits per heavy atom. The molecule has 0 radical (unpaired) electrons. The van der Waals surface area contributed by atoms with Crippen molar-refractivity contribution in [2.24, 2.45) is 0 Å². The number of hydrogen-bond donors (Lipinski definition) is 1. The third-order valence-corrected chi connectivity index (χ3v) is 6.85. The molecule has 1 N–H and O–H groups in total. The predicted octanol–water partition coefficient (Wildman–Crippen LogP) is 1.77. The van der Waals surface area contributed by atoms with Crippen LogP contribution in [0.5, 0.6) is 5.75 Å². The summed E-state index contributed by atoms with van der Waals surface area (Å²) in [5, 5.41) is 2.69.